The fourth-order valence-corrected chi connectivity index (χ4v) is 3.11. The molecule has 6 heteroatoms. The van der Waals surface area contributed by atoms with Crippen molar-refractivity contribution in [2.75, 3.05) is 67.1 Å². The van der Waals surface area contributed by atoms with Crippen LogP contribution in [0.4, 0.5) is 0 Å². The molecule has 0 aromatic carbocycles. The third-order valence-corrected chi connectivity index (χ3v) is 4.76. The molecule has 24 heavy (non-hydrogen) atoms. The van der Waals surface area contributed by atoms with E-state index in [1.54, 1.807) is 7.11 Å². The van der Waals surface area contributed by atoms with E-state index in [1.807, 2.05) is 7.05 Å². The first kappa shape index (κ1) is 21.2. The molecule has 1 aliphatic rings. The van der Waals surface area contributed by atoms with Crippen molar-refractivity contribution < 1.29 is 4.74 Å². The highest BCUT2D eigenvalue weighted by molar-refractivity contribution is 5.79. The second kappa shape index (κ2) is 13.4. The number of likely N-dealkylation sites (N-methyl/N-ethyl adjacent to an activating group) is 1. The lowest BCUT2D eigenvalue weighted by atomic mass is 10.0. The van der Waals surface area contributed by atoms with E-state index < -0.39 is 0 Å². The molecule has 0 amide bonds. The SMILES string of the molecule is CN=C(NCCCN(C)CCOC)NCCCN1CCCCC1C. The fraction of sp³-hybridized carbons (Fsp3) is 0.944. The van der Waals surface area contributed by atoms with Crippen molar-refractivity contribution in [2.45, 2.75) is 45.1 Å². The van der Waals surface area contributed by atoms with Gasteiger partial charge in [0.1, 0.15) is 0 Å². The fourth-order valence-electron chi connectivity index (χ4n) is 3.11. The van der Waals surface area contributed by atoms with Gasteiger partial charge >= 0.3 is 0 Å². The normalized spacial score (nSPS) is 19.7. The summed E-state index contributed by atoms with van der Waals surface area (Å²) >= 11 is 0. The number of hydrogen-bond acceptors (Lipinski definition) is 4. The number of guanidine groups is 1. The van der Waals surface area contributed by atoms with Crippen LogP contribution in [0.3, 0.4) is 0 Å². The van der Waals surface area contributed by atoms with Gasteiger partial charge in [0, 0.05) is 46.4 Å². The van der Waals surface area contributed by atoms with Crippen LogP contribution in [0.1, 0.15) is 39.0 Å². The first-order valence-electron chi connectivity index (χ1n) is 9.53. The summed E-state index contributed by atoms with van der Waals surface area (Å²) in [6.07, 6.45) is 6.39. The van der Waals surface area contributed by atoms with Crippen LogP contribution in [0.2, 0.25) is 0 Å². The zero-order valence-corrected chi connectivity index (χ0v) is 16.3. The predicted octanol–water partition coefficient (Wildman–Crippen LogP) is 1.38. The number of nitrogens with zero attached hydrogens (tertiary/aromatic N) is 3. The van der Waals surface area contributed by atoms with Gasteiger partial charge in [0.15, 0.2) is 5.96 Å². The van der Waals surface area contributed by atoms with Crippen molar-refractivity contribution in [2.24, 2.45) is 4.99 Å². The number of methoxy groups -OCH3 is 1. The van der Waals surface area contributed by atoms with Crippen molar-refractivity contribution in [1.82, 2.24) is 20.4 Å². The Morgan fingerprint density at radius 1 is 1.21 bits per heavy atom. The topological polar surface area (TPSA) is 52.1 Å². The molecule has 1 atom stereocenters. The summed E-state index contributed by atoms with van der Waals surface area (Å²) in [5, 5.41) is 6.82. The highest BCUT2D eigenvalue weighted by atomic mass is 16.5. The highest BCUT2D eigenvalue weighted by Gasteiger charge is 2.16. The lowest BCUT2D eigenvalue weighted by molar-refractivity contribution is 0.159. The predicted molar refractivity (Wildman–Crippen MR) is 103 cm³/mol. The summed E-state index contributed by atoms with van der Waals surface area (Å²) in [6.45, 7) is 9.59. The summed E-state index contributed by atoms with van der Waals surface area (Å²) in [5.41, 5.74) is 0. The Morgan fingerprint density at radius 3 is 2.62 bits per heavy atom. The third kappa shape index (κ3) is 9.45. The molecule has 2 N–H and O–H groups in total. The summed E-state index contributed by atoms with van der Waals surface area (Å²) in [4.78, 5) is 9.22. The molecule has 1 unspecified atom stereocenters. The van der Waals surface area contributed by atoms with Gasteiger partial charge in [-0.25, -0.2) is 0 Å². The molecule has 0 spiro atoms. The number of hydrogen-bond donors (Lipinski definition) is 2. The molecule has 0 radical (unpaired) electrons. The maximum atomic E-state index is 5.09. The highest BCUT2D eigenvalue weighted by Crippen LogP contribution is 2.15. The maximum absolute atomic E-state index is 5.09. The van der Waals surface area contributed by atoms with E-state index in [4.69, 9.17) is 4.74 Å². The molecule has 1 heterocycles. The summed E-state index contributed by atoms with van der Waals surface area (Å²) in [5.74, 6) is 0.918. The Hall–Kier alpha value is -0.850. The summed E-state index contributed by atoms with van der Waals surface area (Å²) in [7, 11) is 5.72. The van der Waals surface area contributed by atoms with Gasteiger partial charge in [-0.05, 0) is 52.7 Å². The monoisotopic (exact) mass is 341 g/mol. The second-order valence-electron chi connectivity index (χ2n) is 6.81. The number of likely N-dealkylation sites (tertiary alicyclic amines) is 1. The van der Waals surface area contributed by atoms with E-state index in [0.29, 0.717) is 0 Å². The zero-order chi connectivity index (χ0) is 17.6. The molecular formula is C18H39N5O. The molecule has 6 nitrogen and oxygen atoms in total. The van der Waals surface area contributed by atoms with E-state index >= 15 is 0 Å². The van der Waals surface area contributed by atoms with E-state index in [-0.39, 0.29) is 0 Å². The largest absolute Gasteiger partial charge is 0.383 e. The van der Waals surface area contributed by atoms with Crippen LogP contribution in [0.5, 0.6) is 0 Å². The van der Waals surface area contributed by atoms with Gasteiger partial charge in [-0.3, -0.25) is 4.99 Å². The summed E-state index contributed by atoms with van der Waals surface area (Å²) in [6, 6.07) is 0.756. The van der Waals surface area contributed by atoms with Crippen LogP contribution >= 0.6 is 0 Å². The Labute approximate surface area is 149 Å². The van der Waals surface area contributed by atoms with Crippen LogP contribution in [0, 0.1) is 0 Å². The van der Waals surface area contributed by atoms with Gasteiger partial charge in [0.05, 0.1) is 6.61 Å². The van der Waals surface area contributed by atoms with Crippen molar-refractivity contribution in [3.05, 3.63) is 0 Å². The van der Waals surface area contributed by atoms with Crippen molar-refractivity contribution in [3.63, 3.8) is 0 Å². The first-order valence-corrected chi connectivity index (χ1v) is 9.53. The average Bonchev–Trinajstić information content (AvgIpc) is 2.59. The Bertz CT molecular complexity index is 337. The van der Waals surface area contributed by atoms with Crippen LogP contribution in [0.15, 0.2) is 4.99 Å². The van der Waals surface area contributed by atoms with E-state index in [0.717, 1.165) is 51.2 Å². The quantitative estimate of drug-likeness (QED) is 0.338. The molecule has 0 bridgehead atoms. The minimum atomic E-state index is 0.756. The molecule has 1 rings (SSSR count). The number of rotatable bonds is 11. The Kier molecular flexibility index (Phi) is 11.9. The lowest BCUT2D eigenvalue weighted by Crippen LogP contribution is -2.41. The van der Waals surface area contributed by atoms with Crippen molar-refractivity contribution in [1.29, 1.82) is 0 Å². The van der Waals surface area contributed by atoms with Gasteiger partial charge in [0.25, 0.3) is 0 Å². The number of aliphatic imine (C=N–C) groups is 1. The van der Waals surface area contributed by atoms with Crippen molar-refractivity contribution >= 4 is 5.96 Å². The van der Waals surface area contributed by atoms with Gasteiger partial charge in [0.2, 0.25) is 0 Å². The third-order valence-electron chi connectivity index (χ3n) is 4.76. The Balaban J connectivity index is 2.04. The van der Waals surface area contributed by atoms with Crippen LogP contribution in [-0.2, 0) is 4.74 Å². The van der Waals surface area contributed by atoms with Crippen LogP contribution in [-0.4, -0.2) is 88.9 Å². The van der Waals surface area contributed by atoms with Crippen LogP contribution in [0.25, 0.3) is 0 Å². The molecule has 1 aliphatic heterocycles. The minimum Gasteiger partial charge on any atom is -0.383 e. The van der Waals surface area contributed by atoms with E-state index in [9.17, 15) is 0 Å². The first-order chi connectivity index (χ1) is 11.7. The average molecular weight is 342 g/mol. The maximum Gasteiger partial charge on any atom is 0.190 e. The smallest absolute Gasteiger partial charge is 0.190 e. The van der Waals surface area contributed by atoms with Crippen molar-refractivity contribution in [3.8, 4) is 0 Å². The summed E-state index contributed by atoms with van der Waals surface area (Å²) < 4.78 is 5.09. The van der Waals surface area contributed by atoms with E-state index in [1.165, 1.54) is 38.8 Å². The zero-order valence-electron chi connectivity index (χ0n) is 16.3. The lowest BCUT2D eigenvalue weighted by Gasteiger charge is -2.33. The second-order valence-corrected chi connectivity index (χ2v) is 6.81. The van der Waals surface area contributed by atoms with Crippen LogP contribution < -0.4 is 10.6 Å². The standard InChI is InChI=1S/C18H39N5O/c1-17-9-5-6-13-23(17)14-8-11-21-18(19-2)20-10-7-12-22(3)15-16-24-4/h17H,5-16H2,1-4H3,(H2,19,20,21). The molecule has 142 valence electrons. The minimum absolute atomic E-state index is 0.756. The molecule has 0 aromatic rings. The van der Waals surface area contributed by atoms with Gasteiger partial charge in [-0.1, -0.05) is 6.42 Å². The number of piperidine rings is 1. The van der Waals surface area contributed by atoms with E-state index in [2.05, 4.69) is 39.4 Å². The molecular weight excluding hydrogens is 302 g/mol. The Morgan fingerprint density at radius 2 is 1.96 bits per heavy atom. The number of nitrogens with one attached hydrogen (secondary N) is 2. The molecule has 1 fully saturated rings. The van der Waals surface area contributed by atoms with Gasteiger partial charge < -0.3 is 25.2 Å². The number of ether oxygens (including phenoxy) is 1. The van der Waals surface area contributed by atoms with Gasteiger partial charge in [-0.15, -0.1) is 0 Å². The molecule has 0 saturated carbocycles. The molecule has 1 saturated heterocycles. The molecule has 0 aliphatic carbocycles. The van der Waals surface area contributed by atoms with Gasteiger partial charge in [-0.2, -0.15) is 0 Å². The molecule has 0 aromatic heterocycles.